The van der Waals surface area contributed by atoms with Crippen molar-refractivity contribution < 1.29 is 0 Å². The molecule has 0 aliphatic heterocycles. The van der Waals surface area contributed by atoms with Gasteiger partial charge in [0.25, 0.3) is 0 Å². The Kier molecular flexibility index (Phi) is 14.2. The third-order valence-electron chi connectivity index (χ3n) is 22.2. The number of pyridine rings is 1. The molecule has 0 radical (unpaired) electrons. The van der Waals surface area contributed by atoms with Crippen LogP contribution in [0.4, 0.5) is 0 Å². The predicted molar refractivity (Wildman–Crippen MR) is 434 cm³/mol. The van der Waals surface area contributed by atoms with Crippen LogP contribution in [0, 0.1) is 11.8 Å². The molecular weight excluding hydrogens is 1250 g/mol. The molecule has 103 heavy (non-hydrogen) atoms. The lowest BCUT2D eigenvalue weighted by Gasteiger charge is -2.29. The van der Waals surface area contributed by atoms with E-state index in [0.29, 0.717) is 5.92 Å². The number of nitrogens with zero attached hydrogens (tertiary/aromatic N) is 5. The average Bonchev–Trinajstić information content (AvgIpc) is 1.57. The van der Waals surface area contributed by atoms with Crippen LogP contribution in [0.5, 0.6) is 0 Å². The molecule has 5 heterocycles. The summed E-state index contributed by atoms with van der Waals surface area (Å²) in [6, 6.07) is 130. The van der Waals surface area contributed by atoms with Crippen LogP contribution in [0.2, 0.25) is 0 Å². The van der Waals surface area contributed by atoms with Gasteiger partial charge in [-0.3, -0.25) is 4.57 Å². The van der Waals surface area contributed by atoms with Crippen LogP contribution < -0.4 is 0 Å². The van der Waals surface area contributed by atoms with E-state index in [4.69, 9.17) is 4.98 Å². The van der Waals surface area contributed by atoms with Crippen molar-refractivity contribution in [3.8, 4) is 73.0 Å². The smallest absolute Gasteiger partial charge is 0.138 e. The molecule has 14 aromatic carbocycles. The fraction of sp³-hybridized carbons (Fsp3) is 0.0510. The van der Waals surface area contributed by atoms with Crippen molar-refractivity contribution in [1.29, 1.82) is 0 Å². The molecule has 5 aromatic heterocycles. The lowest BCUT2D eigenvalue weighted by Crippen LogP contribution is -2.19. The maximum atomic E-state index is 5.51. The zero-order valence-corrected chi connectivity index (χ0v) is 57.1. The summed E-state index contributed by atoms with van der Waals surface area (Å²) in [5, 5.41) is 9.65. The maximum absolute atomic E-state index is 5.51. The van der Waals surface area contributed by atoms with E-state index in [9.17, 15) is 0 Å². The first-order valence-electron chi connectivity index (χ1n) is 35.9. The molecule has 1 aliphatic carbocycles. The molecule has 0 fully saturated rings. The molecule has 19 aromatic rings. The third-order valence-corrected chi connectivity index (χ3v) is 22.2. The van der Waals surface area contributed by atoms with Crippen LogP contribution in [0.25, 0.3) is 171 Å². The topological polar surface area (TPSA) is 32.6 Å². The first-order chi connectivity index (χ1) is 51.0. The summed E-state index contributed by atoms with van der Waals surface area (Å²) in [4.78, 5) is 5.51. The van der Waals surface area contributed by atoms with Gasteiger partial charge in [0.2, 0.25) is 0 Å². The molecule has 20 rings (SSSR count). The van der Waals surface area contributed by atoms with Crippen molar-refractivity contribution in [1.82, 2.24) is 23.3 Å². The fourth-order valence-electron chi connectivity index (χ4n) is 17.1. The minimum absolute atomic E-state index is 0.194. The lowest BCUT2D eigenvalue weighted by molar-refractivity contribution is 0.424. The quantitative estimate of drug-likeness (QED) is 0.127. The summed E-state index contributed by atoms with van der Waals surface area (Å²) in [6.45, 7) is 4.90. The highest BCUT2D eigenvalue weighted by Crippen LogP contribution is 2.50. The van der Waals surface area contributed by atoms with Crippen LogP contribution in [-0.2, 0) is 0 Å². The molecule has 0 spiro atoms. The van der Waals surface area contributed by atoms with Crippen molar-refractivity contribution in [2.24, 2.45) is 11.8 Å². The number of hydrogen-bond acceptors (Lipinski definition) is 1. The Morgan fingerprint density at radius 1 is 0.282 bits per heavy atom. The van der Waals surface area contributed by atoms with Gasteiger partial charge in [0.05, 0.1) is 49.8 Å². The van der Waals surface area contributed by atoms with Gasteiger partial charge in [-0.2, -0.15) is 0 Å². The van der Waals surface area contributed by atoms with E-state index in [1.165, 1.54) is 87.6 Å². The van der Waals surface area contributed by atoms with Gasteiger partial charge < -0.3 is 13.7 Å². The van der Waals surface area contributed by atoms with E-state index in [1.807, 2.05) is 0 Å². The summed E-state index contributed by atoms with van der Waals surface area (Å²) in [5.41, 5.74) is 27.8. The van der Waals surface area contributed by atoms with Gasteiger partial charge >= 0.3 is 0 Å². The molecule has 486 valence electrons. The average molecular weight is 1320 g/mol. The standard InChI is InChI=1S/C98H69N5/c1-63-64(2)92(61-72(65-28-9-3-10-29-65)57-85(63)67-32-13-5-14-33-67)103-88-47-23-21-40-77(88)81-44-25-42-76(97(81)103)71-52-55-90-86(56-71)79-54-51-69(59-93(79)100(90)74-36-17-7-18-37-74)70-50-53-78-82-45-26-46-83(98(82)101(94(78)60-70)75-38-19-8-20-39-75)80-43-27-49-91-96(80)84-41-22-24-48-89(84)102(91)95-62-73(66-30-11-4-12-31-66)58-87(99-95)68-34-15-6-16-35-68/h3-64,85H,1-2H3. The Hall–Kier alpha value is -13.1. The number of para-hydroxylation sites is 6. The van der Waals surface area contributed by atoms with E-state index < -0.39 is 0 Å². The van der Waals surface area contributed by atoms with Gasteiger partial charge in [0, 0.05) is 88.7 Å². The minimum Gasteiger partial charge on any atom is -0.312 e. The van der Waals surface area contributed by atoms with Crippen LogP contribution in [0.3, 0.4) is 0 Å². The Balaban J connectivity index is 0.749. The van der Waals surface area contributed by atoms with Crippen LogP contribution in [0.1, 0.15) is 30.9 Å². The Morgan fingerprint density at radius 3 is 1.45 bits per heavy atom. The number of rotatable bonds is 11. The monoisotopic (exact) mass is 1320 g/mol. The first kappa shape index (κ1) is 59.9. The number of hydrogen-bond donors (Lipinski definition) is 0. The second-order valence-electron chi connectivity index (χ2n) is 27.8. The summed E-state index contributed by atoms with van der Waals surface area (Å²) < 4.78 is 9.97. The van der Waals surface area contributed by atoms with Crippen molar-refractivity contribution in [2.45, 2.75) is 19.8 Å². The lowest BCUT2D eigenvalue weighted by atomic mass is 9.79. The van der Waals surface area contributed by atoms with Gasteiger partial charge in [0.1, 0.15) is 5.82 Å². The molecule has 3 unspecified atom stereocenters. The van der Waals surface area contributed by atoms with Crippen LogP contribution in [0.15, 0.2) is 364 Å². The second kappa shape index (κ2) is 24.4. The van der Waals surface area contributed by atoms with Gasteiger partial charge in [-0.15, -0.1) is 0 Å². The highest BCUT2D eigenvalue weighted by molar-refractivity contribution is 6.22. The second-order valence-corrected chi connectivity index (χ2v) is 27.8. The molecule has 5 nitrogen and oxygen atoms in total. The molecular formula is C98H69N5. The molecule has 5 heteroatoms. The van der Waals surface area contributed by atoms with Crippen molar-refractivity contribution in [2.75, 3.05) is 0 Å². The number of allylic oxidation sites excluding steroid dienone is 4. The van der Waals surface area contributed by atoms with Gasteiger partial charge in [0.15, 0.2) is 0 Å². The molecule has 1 aliphatic rings. The fourth-order valence-corrected chi connectivity index (χ4v) is 17.1. The van der Waals surface area contributed by atoms with E-state index >= 15 is 0 Å². The molecule has 0 amide bonds. The van der Waals surface area contributed by atoms with Crippen molar-refractivity contribution in [3.63, 3.8) is 0 Å². The normalized spacial score (nSPS) is 14.9. The Bertz CT molecular complexity index is 6550. The largest absolute Gasteiger partial charge is 0.312 e. The van der Waals surface area contributed by atoms with Crippen molar-refractivity contribution in [3.05, 3.63) is 375 Å². The van der Waals surface area contributed by atoms with E-state index in [0.717, 1.165) is 94.9 Å². The number of aromatic nitrogens is 5. The van der Waals surface area contributed by atoms with Gasteiger partial charge in [-0.25, -0.2) is 4.98 Å². The summed E-state index contributed by atoms with van der Waals surface area (Å²) in [5.74, 6) is 1.58. The summed E-state index contributed by atoms with van der Waals surface area (Å²) >= 11 is 0. The SMILES string of the molecule is CC1C(n2c3ccccc3c3cccc(-c4ccc5c(c4)c4ccc(-c6ccc7c8cccc(-c9cccc%10c9c9ccccc9n%10-c9cc(-c%10ccccc%10)cc(-c%10ccccc%10)n9)c8n(-c8ccccc8)c7c6)cc4n5-c4ccccc4)c32)=CC(c2ccccc2)=CC(c2ccccc2)C1C. The van der Waals surface area contributed by atoms with E-state index in [1.54, 1.807) is 0 Å². The minimum atomic E-state index is 0.194. The zero-order valence-electron chi connectivity index (χ0n) is 57.1. The van der Waals surface area contributed by atoms with Crippen LogP contribution >= 0.6 is 0 Å². The molecule has 0 saturated carbocycles. The third kappa shape index (κ3) is 9.79. The molecule has 0 saturated heterocycles. The van der Waals surface area contributed by atoms with Gasteiger partial charge in [-0.05, 0) is 141 Å². The molecule has 0 bridgehead atoms. The summed E-state index contributed by atoms with van der Waals surface area (Å²) in [6.07, 6.45) is 5.03. The zero-order chi connectivity index (χ0) is 68.2. The number of fused-ring (bicyclic) bond motifs is 12. The van der Waals surface area contributed by atoms with Gasteiger partial charge in [-0.1, -0.05) is 293 Å². The highest BCUT2D eigenvalue weighted by Gasteiger charge is 2.32. The Morgan fingerprint density at radius 2 is 0.767 bits per heavy atom. The van der Waals surface area contributed by atoms with Crippen molar-refractivity contribution >= 4 is 98.5 Å². The van der Waals surface area contributed by atoms with E-state index in [2.05, 4.69) is 396 Å². The molecule has 3 atom stereocenters. The highest BCUT2D eigenvalue weighted by atomic mass is 15.1. The van der Waals surface area contributed by atoms with E-state index in [-0.39, 0.29) is 11.8 Å². The maximum Gasteiger partial charge on any atom is 0.138 e. The number of benzene rings is 14. The predicted octanol–water partition coefficient (Wildman–Crippen LogP) is 25.8. The van der Waals surface area contributed by atoms with Crippen LogP contribution in [-0.4, -0.2) is 23.3 Å². The molecule has 0 N–H and O–H groups in total. The Labute approximate surface area is 597 Å². The summed E-state index contributed by atoms with van der Waals surface area (Å²) in [7, 11) is 0. The first-order valence-corrected chi connectivity index (χ1v) is 35.9.